The van der Waals surface area contributed by atoms with Gasteiger partial charge >= 0.3 is 6.03 Å². The highest BCUT2D eigenvalue weighted by atomic mass is 32.3. The molecule has 1 aliphatic heterocycles. The maximum Gasteiger partial charge on any atom is 0.319 e. The molecule has 0 unspecified atom stereocenters. The van der Waals surface area contributed by atoms with Crippen molar-refractivity contribution in [1.82, 2.24) is 20.2 Å². The first-order valence-corrected chi connectivity index (χ1v) is 13.3. The molecule has 1 aromatic carbocycles. The summed E-state index contributed by atoms with van der Waals surface area (Å²) in [5.74, 6) is 1.59. The smallest absolute Gasteiger partial charge is 0.319 e. The van der Waals surface area contributed by atoms with Gasteiger partial charge in [0.05, 0.1) is 30.7 Å². The van der Waals surface area contributed by atoms with Crippen LogP contribution in [0.15, 0.2) is 30.3 Å². The van der Waals surface area contributed by atoms with Crippen LogP contribution in [0, 0.1) is 0 Å². The van der Waals surface area contributed by atoms with Crippen LogP contribution in [0.5, 0.6) is 0 Å². The normalized spacial score (nSPS) is 17.0. The molecule has 1 aromatic heterocycles. The molecule has 0 aliphatic carbocycles. The molecular formula is C23H36N6O4S. The molecule has 2 aromatic rings. The summed E-state index contributed by atoms with van der Waals surface area (Å²) in [7, 11) is 1.14. The number of benzene rings is 1. The second-order valence-electron chi connectivity index (χ2n) is 8.66. The Hall–Kier alpha value is -2.44. The van der Waals surface area contributed by atoms with Crippen molar-refractivity contribution in [1.29, 1.82) is 0 Å². The van der Waals surface area contributed by atoms with Crippen molar-refractivity contribution in [3.63, 3.8) is 0 Å². The average Bonchev–Trinajstić information content (AvgIpc) is 2.79. The lowest BCUT2D eigenvalue weighted by molar-refractivity contribution is 0.0985. The topological polar surface area (TPSA) is 123 Å². The summed E-state index contributed by atoms with van der Waals surface area (Å²) in [6, 6.07) is 9.01. The number of nitrogens with zero attached hydrogens (tertiary/aromatic N) is 4. The van der Waals surface area contributed by atoms with E-state index in [2.05, 4.69) is 27.4 Å². The molecule has 11 heteroatoms. The van der Waals surface area contributed by atoms with Crippen molar-refractivity contribution in [2.75, 3.05) is 62.9 Å². The third-order valence-electron chi connectivity index (χ3n) is 5.51. The van der Waals surface area contributed by atoms with Crippen molar-refractivity contribution in [3.05, 3.63) is 36.0 Å². The first-order chi connectivity index (χ1) is 16.2. The number of anilines is 2. The van der Waals surface area contributed by atoms with Gasteiger partial charge in [-0.1, -0.05) is 0 Å². The quantitative estimate of drug-likeness (QED) is 0.420. The first-order valence-electron chi connectivity index (χ1n) is 11.4. The van der Waals surface area contributed by atoms with Gasteiger partial charge in [0, 0.05) is 42.7 Å². The van der Waals surface area contributed by atoms with Crippen LogP contribution in [0.1, 0.15) is 19.5 Å². The first kappa shape index (κ1) is 26.2. The highest BCUT2D eigenvalue weighted by Crippen LogP contribution is 2.42. The van der Waals surface area contributed by atoms with Gasteiger partial charge in [0.15, 0.2) is 5.82 Å². The molecule has 10 nitrogen and oxygen atoms in total. The van der Waals surface area contributed by atoms with Gasteiger partial charge in [-0.15, -0.1) is 0 Å². The fraction of sp³-hybridized carbons (Fsp3) is 0.522. The fourth-order valence-electron chi connectivity index (χ4n) is 3.51. The van der Waals surface area contributed by atoms with Crippen LogP contribution in [0.4, 0.5) is 16.3 Å². The van der Waals surface area contributed by atoms with Gasteiger partial charge in [0.1, 0.15) is 5.82 Å². The third kappa shape index (κ3) is 7.54. The molecule has 2 heterocycles. The minimum Gasteiger partial charge on any atom is -0.377 e. The molecule has 1 fully saturated rings. The third-order valence-corrected chi connectivity index (χ3v) is 7.20. The number of nitrogens with one attached hydrogen (secondary N) is 2. The van der Waals surface area contributed by atoms with E-state index in [1.54, 1.807) is 19.1 Å². The summed E-state index contributed by atoms with van der Waals surface area (Å²) in [4.78, 5) is 25.6. The predicted octanol–water partition coefficient (Wildman–Crippen LogP) is 3.32. The molecule has 1 saturated heterocycles. The lowest BCUT2D eigenvalue weighted by Gasteiger charge is -2.35. The van der Waals surface area contributed by atoms with E-state index >= 15 is 0 Å². The molecular weight excluding hydrogens is 456 g/mol. The molecule has 0 radical (unpaired) electrons. The Morgan fingerprint density at radius 1 is 1.26 bits per heavy atom. The van der Waals surface area contributed by atoms with E-state index in [0.717, 1.165) is 17.9 Å². The standard InChI is InChI=1S/C23H36N6O4S/c1-5-34(31,32)16-20-14-21(29-12-13-33-15-17(29)2)27-22(25-20)18-6-8-19(9-7-18)26-23(30)24-10-11-28(3)4/h6-9,14,17,31-32H,5,10-13,15-16H2,1-4H3,(H2,24,26,30)/t17-/m0/s1. The summed E-state index contributed by atoms with van der Waals surface area (Å²) in [5.41, 5.74) is 2.02. The molecule has 188 valence electrons. The number of urea groups is 1. The summed E-state index contributed by atoms with van der Waals surface area (Å²) < 4.78 is 26.2. The Morgan fingerprint density at radius 3 is 2.65 bits per heavy atom. The zero-order chi connectivity index (χ0) is 24.7. The van der Waals surface area contributed by atoms with Crippen LogP contribution in [-0.2, 0) is 10.5 Å². The number of aromatic nitrogens is 2. The second-order valence-corrected chi connectivity index (χ2v) is 11.1. The van der Waals surface area contributed by atoms with Crippen molar-refractivity contribution < 1.29 is 18.6 Å². The minimum absolute atomic E-state index is 0.0809. The molecule has 4 N–H and O–H groups in total. The number of carbonyl (C=O) groups excluding carboxylic acids is 1. The highest BCUT2D eigenvalue weighted by molar-refractivity contribution is 8.23. The van der Waals surface area contributed by atoms with Crippen molar-refractivity contribution >= 4 is 28.1 Å². The van der Waals surface area contributed by atoms with Crippen LogP contribution < -0.4 is 15.5 Å². The molecule has 1 atom stereocenters. The summed E-state index contributed by atoms with van der Waals surface area (Å²) in [5, 5.41) is 5.63. The number of hydrogen-bond acceptors (Lipinski definition) is 8. The molecule has 2 amide bonds. The molecule has 0 saturated carbocycles. The number of rotatable bonds is 9. The number of morpholine rings is 1. The van der Waals surface area contributed by atoms with E-state index in [1.807, 2.05) is 37.2 Å². The molecule has 34 heavy (non-hydrogen) atoms. The van der Waals surface area contributed by atoms with Gasteiger partial charge in [-0.25, -0.2) is 14.8 Å². The van der Waals surface area contributed by atoms with Crippen LogP contribution in [0.2, 0.25) is 0 Å². The lowest BCUT2D eigenvalue weighted by Crippen LogP contribution is -2.44. The van der Waals surface area contributed by atoms with Gasteiger partial charge in [-0.2, -0.15) is 10.6 Å². The molecule has 0 spiro atoms. The van der Waals surface area contributed by atoms with E-state index in [4.69, 9.17) is 9.72 Å². The molecule has 0 bridgehead atoms. The number of ether oxygens (including phenoxy) is 1. The van der Waals surface area contributed by atoms with E-state index in [1.165, 1.54) is 0 Å². The number of hydrogen-bond donors (Lipinski definition) is 4. The van der Waals surface area contributed by atoms with Gasteiger partial charge in [-0.05, 0) is 52.2 Å². The summed E-state index contributed by atoms with van der Waals surface area (Å²) >= 11 is 0. The Labute approximate surface area is 203 Å². The van der Waals surface area contributed by atoms with E-state index < -0.39 is 10.6 Å². The van der Waals surface area contributed by atoms with Gasteiger partial charge in [-0.3, -0.25) is 9.11 Å². The zero-order valence-electron chi connectivity index (χ0n) is 20.3. The minimum atomic E-state index is -2.76. The van der Waals surface area contributed by atoms with E-state index in [-0.39, 0.29) is 23.6 Å². The van der Waals surface area contributed by atoms with Crippen LogP contribution in [0.25, 0.3) is 11.4 Å². The van der Waals surface area contributed by atoms with Crippen LogP contribution in [0.3, 0.4) is 0 Å². The Balaban J connectivity index is 1.81. The number of amides is 2. The SMILES string of the molecule is CCS(O)(O)Cc1cc(N2CCOC[C@@H]2C)nc(-c2ccc(NC(=O)NCCN(C)C)cc2)n1. The van der Waals surface area contributed by atoms with Crippen molar-refractivity contribution in [3.8, 4) is 11.4 Å². The Bertz CT molecular complexity index is 957. The summed E-state index contributed by atoms with van der Waals surface area (Å²) in [6.45, 7) is 7.06. The van der Waals surface area contributed by atoms with Crippen molar-refractivity contribution in [2.24, 2.45) is 0 Å². The average molecular weight is 493 g/mol. The number of likely N-dealkylation sites (N-methyl/N-ethyl adjacent to an activating group) is 1. The van der Waals surface area contributed by atoms with Gasteiger partial charge in [0.2, 0.25) is 0 Å². The maximum atomic E-state index is 12.1. The van der Waals surface area contributed by atoms with Crippen LogP contribution in [-0.4, -0.2) is 88.7 Å². The Morgan fingerprint density at radius 2 is 2.00 bits per heavy atom. The molecule has 1 aliphatic rings. The van der Waals surface area contributed by atoms with E-state index in [0.29, 0.717) is 43.5 Å². The second kappa shape index (κ2) is 11.8. The fourth-order valence-corrected chi connectivity index (χ4v) is 4.34. The summed E-state index contributed by atoms with van der Waals surface area (Å²) in [6.07, 6.45) is 0. The van der Waals surface area contributed by atoms with Crippen molar-refractivity contribution in [2.45, 2.75) is 25.6 Å². The van der Waals surface area contributed by atoms with Crippen LogP contribution >= 0.6 is 10.6 Å². The zero-order valence-corrected chi connectivity index (χ0v) is 21.1. The predicted molar refractivity (Wildman–Crippen MR) is 138 cm³/mol. The molecule has 3 rings (SSSR count). The number of carbonyl (C=O) groups is 1. The van der Waals surface area contributed by atoms with Gasteiger partial charge < -0.3 is 25.2 Å². The maximum absolute atomic E-state index is 12.1. The highest BCUT2D eigenvalue weighted by Gasteiger charge is 2.23. The Kier molecular flexibility index (Phi) is 9.09. The monoisotopic (exact) mass is 492 g/mol. The lowest BCUT2D eigenvalue weighted by atomic mass is 10.2. The van der Waals surface area contributed by atoms with E-state index in [9.17, 15) is 13.9 Å². The van der Waals surface area contributed by atoms with Gasteiger partial charge in [0.25, 0.3) is 0 Å². The largest absolute Gasteiger partial charge is 0.377 e.